The largest absolute Gasteiger partial charge is 0.460 e. The van der Waals surface area contributed by atoms with Gasteiger partial charge in [-0.05, 0) is 30.7 Å². The standard InChI is InChI=1S/C13H13NO5S/c1-2-18-13(15)12-11(7-8-19-12)9-3-5-10(6-4-9)14-20(16)17/h3-8,20H,2H2,1H3,(H,14,16,17). The second kappa shape index (κ2) is 6.25. The number of carbonyl (C=O) groups is 1. The van der Waals surface area contributed by atoms with E-state index in [0.717, 1.165) is 5.56 Å². The van der Waals surface area contributed by atoms with Gasteiger partial charge in [0.05, 0.1) is 12.9 Å². The highest BCUT2D eigenvalue weighted by Gasteiger charge is 2.17. The Labute approximate surface area is 117 Å². The first-order valence-electron chi connectivity index (χ1n) is 5.88. The molecule has 0 aliphatic heterocycles. The number of ether oxygens (including phenoxy) is 1. The minimum Gasteiger partial charge on any atom is -0.460 e. The summed E-state index contributed by atoms with van der Waals surface area (Å²) in [5, 5.41) is 0. The molecule has 1 N–H and O–H groups in total. The average Bonchev–Trinajstić information content (AvgIpc) is 2.88. The summed E-state index contributed by atoms with van der Waals surface area (Å²) in [6.07, 6.45) is 1.41. The van der Waals surface area contributed by atoms with Crippen molar-refractivity contribution in [1.29, 1.82) is 0 Å². The third-order valence-corrected chi connectivity index (χ3v) is 2.98. The summed E-state index contributed by atoms with van der Waals surface area (Å²) in [5.74, 6) is -0.403. The molecule has 0 spiro atoms. The van der Waals surface area contributed by atoms with Crippen molar-refractivity contribution >= 4 is 22.5 Å². The molecule has 20 heavy (non-hydrogen) atoms. The summed E-state index contributed by atoms with van der Waals surface area (Å²) < 4.78 is 33.4. The molecule has 0 saturated carbocycles. The molecule has 2 aromatic rings. The first-order valence-corrected chi connectivity index (χ1v) is 7.05. The van der Waals surface area contributed by atoms with Crippen LogP contribution in [0.15, 0.2) is 41.0 Å². The van der Waals surface area contributed by atoms with Crippen LogP contribution in [-0.2, 0) is 15.6 Å². The monoisotopic (exact) mass is 295 g/mol. The van der Waals surface area contributed by atoms with Crippen LogP contribution in [-0.4, -0.2) is 21.0 Å². The number of carbonyl (C=O) groups excluding carboxylic acids is 1. The van der Waals surface area contributed by atoms with E-state index in [1.54, 1.807) is 37.3 Å². The van der Waals surface area contributed by atoms with Gasteiger partial charge in [0.1, 0.15) is 0 Å². The summed E-state index contributed by atoms with van der Waals surface area (Å²) in [5.41, 5.74) is 1.78. The molecular weight excluding hydrogens is 282 g/mol. The summed E-state index contributed by atoms with van der Waals surface area (Å²) >= 11 is 0. The highest BCUT2D eigenvalue weighted by molar-refractivity contribution is 7.73. The van der Waals surface area contributed by atoms with Gasteiger partial charge in [0.25, 0.3) is 0 Å². The lowest BCUT2D eigenvalue weighted by atomic mass is 10.1. The van der Waals surface area contributed by atoms with Crippen molar-refractivity contribution in [2.45, 2.75) is 6.92 Å². The number of furan rings is 1. The molecule has 0 aliphatic rings. The maximum atomic E-state index is 11.7. The van der Waals surface area contributed by atoms with E-state index in [2.05, 4.69) is 4.72 Å². The van der Waals surface area contributed by atoms with Gasteiger partial charge >= 0.3 is 5.97 Å². The minimum absolute atomic E-state index is 0.127. The van der Waals surface area contributed by atoms with Crippen LogP contribution in [0.1, 0.15) is 17.5 Å². The molecule has 0 saturated heterocycles. The van der Waals surface area contributed by atoms with Gasteiger partial charge in [-0.1, -0.05) is 12.1 Å². The zero-order valence-electron chi connectivity index (χ0n) is 10.7. The van der Waals surface area contributed by atoms with Gasteiger partial charge in [0, 0.05) is 11.3 Å². The van der Waals surface area contributed by atoms with Crippen LogP contribution < -0.4 is 4.72 Å². The van der Waals surface area contributed by atoms with E-state index >= 15 is 0 Å². The van der Waals surface area contributed by atoms with Gasteiger partial charge in [0.2, 0.25) is 16.7 Å². The van der Waals surface area contributed by atoms with Crippen molar-refractivity contribution in [3.05, 3.63) is 42.4 Å². The number of hydrogen-bond donors (Lipinski definition) is 2. The number of anilines is 1. The van der Waals surface area contributed by atoms with E-state index in [0.29, 0.717) is 11.3 Å². The maximum Gasteiger partial charge on any atom is 0.374 e. The summed E-state index contributed by atoms with van der Waals surface area (Å²) in [6, 6.07) is 8.23. The highest BCUT2D eigenvalue weighted by atomic mass is 32.2. The number of esters is 1. The van der Waals surface area contributed by atoms with Crippen LogP contribution >= 0.6 is 0 Å². The number of nitrogens with one attached hydrogen (secondary N) is 1. The van der Waals surface area contributed by atoms with Crippen LogP contribution in [0.3, 0.4) is 0 Å². The molecule has 6 nitrogen and oxygen atoms in total. The van der Waals surface area contributed by atoms with E-state index < -0.39 is 16.9 Å². The predicted molar refractivity (Wildman–Crippen MR) is 74.0 cm³/mol. The average molecular weight is 295 g/mol. The molecule has 0 bridgehead atoms. The van der Waals surface area contributed by atoms with Crippen LogP contribution in [0.5, 0.6) is 0 Å². The molecule has 1 aromatic carbocycles. The molecule has 0 unspecified atom stereocenters. The second-order valence-corrected chi connectivity index (χ2v) is 4.57. The van der Waals surface area contributed by atoms with Crippen molar-refractivity contribution < 1.29 is 22.4 Å². The van der Waals surface area contributed by atoms with E-state index in [-0.39, 0.29) is 12.4 Å². The molecule has 106 valence electrons. The molecular formula is C13H13NO5S. The number of thiol groups is 1. The number of rotatable bonds is 5. The molecule has 1 aromatic heterocycles. The Hall–Kier alpha value is -2.28. The van der Waals surface area contributed by atoms with Gasteiger partial charge < -0.3 is 9.15 Å². The molecule has 0 atom stereocenters. The third-order valence-electron chi connectivity index (χ3n) is 2.54. The molecule has 0 radical (unpaired) electrons. The molecule has 2 rings (SSSR count). The Balaban J connectivity index is 2.28. The van der Waals surface area contributed by atoms with Crippen LogP contribution in [0.4, 0.5) is 5.69 Å². The summed E-state index contributed by atoms with van der Waals surface area (Å²) in [6.45, 7) is 1.98. The van der Waals surface area contributed by atoms with Crippen molar-refractivity contribution in [1.82, 2.24) is 0 Å². The lowest BCUT2D eigenvalue weighted by molar-refractivity contribution is 0.0491. The van der Waals surface area contributed by atoms with Crippen LogP contribution in [0.2, 0.25) is 0 Å². The molecule has 1 heterocycles. The maximum absolute atomic E-state index is 11.7. The van der Waals surface area contributed by atoms with Crippen molar-refractivity contribution in [2.75, 3.05) is 11.3 Å². The lowest BCUT2D eigenvalue weighted by Crippen LogP contribution is -2.04. The second-order valence-electron chi connectivity index (χ2n) is 3.83. The fraction of sp³-hybridized carbons (Fsp3) is 0.154. The summed E-state index contributed by atoms with van der Waals surface area (Å²) in [4.78, 5) is 11.7. The van der Waals surface area contributed by atoms with Gasteiger partial charge in [-0.3, -0.25) is 4.72 Å². The van der Waals surface area contributed by atoms with E-state index in [1.807, 2.05) is 0 Å². The number of benzene rings is 1. The number of hydrogen-bond acceptors (Lipinski definition) is 5. The Morgan fingerprint density at radius 2 is 1.95 bits per heavy atom. The van der Waals surface area contributed by atoms with Gasteiger partial charge in [-0.25, -0.2) is 13.2 Å². The quantitative estimate of drug-likeness (QED) is 0.651. The Bertz CT molecular complexity index is 664. The van der Waals surface area contributed by atoms with Crippen molar-refractivity contribution in [3.8, 4) is 11.1 Å². The zero-order chi connectivity index (χ0) is 14.5. The van der Waals surface area contributed by atoms with E-state index in [9.17, 15) is 13.2 Å². The Morgan fingerprint density at radius 3 is 2.55 bits per heavy atom. The first kappa shape index (κ1) is 14.1. The van der Waals surface area contributed by atoms with Crippen LogP contribution in [0.25, 0.3) is 11.1 Å². The van der Waals surface area contributed by atoms with Gasteiger partial charge in [-0.2, -0.15) is 0 Å². The molecule has 0 aliphatic carbocycles. The first-order chi connectivity index (χ1) is 9.61. The van der Waals surface area contributed by atoms with Crippen molar-refractivity contribution in [3.63, 3.8) is 0 Å². The normalized spacial score (nSPS) is 10.5. The zero-order valence-corrected chi connectivity index (χ0v) is 11.6. The fourth-order valence-electron chi connectivity index (χ4n) is 1.72. The van der Waals surface area contributed by atoms with E-state index in [4.69, 9.17) is 9.15 Å². The lowest BCUT2D eigenvalue weighted by Gasteiger charge is -2.04. The molecule has 0 amide bonds. The minimum atomic E-state index is -2.70. The van der Waals surface area contributed by atoms with Gasteiger partial charge in [-0.15, -0.1) is 0 Å². The van der Waals surface area contributed by atoms with Crippen LogP contribution in [0, 0.1) is 0 Å². The van der Waals surface area contributed by atoms with Gasteiger partial charge in [0.15, 0.2) is 0 Å². The Kier molecular flexibility index (Phi) is 4.41. The molecule has 0 fully saturated rings. The van der Waals surface area contributed by atoms with Crippen molar-refractivity contribution in [2.24, 2.45) is 0 Å². The SMILES string of the molecule is CCOC(=O)c1occc1-c1ccc(N[SH](=O)=O)cc1. The smallest absolute Gasteiger partial charge is 0.374 e. The predicted octanol–water partition coefficient (Wildman–Crippen LogP) is 2.06. The fourth-order valence-corrected chi connectivity index (χ4v) is 2.08. The molecule has 7 heteroatoms. The highest BCUT2D eigenvalue weighted by Crippen LogP contribution is 2.26. The summed E-state index contributed by atoms with van der Waals surface area (Å²) in [7, 11) is -2.70. The topological polar surface area (TPSA) is 85.6 Å². The third kappa shape index (κ3) is 3.18. The Morgan fingerprint density at radius 1 is 1.25 bits per heavy atom. The van der Waals surface area contributed by atoms with E-state index in [1.165, 1.54) is 6.26 Å².